The van der Waals surface area contributed by atoms with Crippen LogP contribution >= 0.6 is 0 Å². The molecule has 1 aromatic carbocycles. The van der Waals surface area contributed by atoms with E-state index in [1.54, 1.807) is 4.90 Å². The Balaban J connectivity index is 1.34. The van der Waals surface area contributed by atoms with E-state index in [1.165, 1.54) is 5.56 Å². The number of carbonyl (C=O) groups is 2. The van der Waals surface area contributed by atoms with Gasteiger partial charge in [-0.15, -0.1) is 0 Å². The van der Waals surface area contributed by atoms with Crippen molar-refractivity contribution in [3.05, 3.63) is 58.4 Å². The number of halogens is 3. The average molecular weight is 548 g/mol. The fraction of sp³-hybridized carbons (Fsp3) is 0.536. The number of likely N-dealkylation sites (tertiary alicyclic amines) is 2. The lowest BCUT2D eigenvalue weighted by atomic mass is 9.96. The van der Waals surface area contributed by atoms with E-state index in [9.17, 15) is 22.8 Å². The van der Waals surface area contributed by atoms with Crippen molar-refractivity contribution < 1.29 is 27.5 Å². The van der Waals surface area contributed by atoms with Gasteiger partial charge in [-0.1, -0.05) is 6.07 Å². The standard InChI is InChI=1S/C28H36F3N5O3/c1-17-18(2)25(39-11-5-10-34(4)16-26(32)37)9-7-23(17)19(3)35-14-22-12-21(35)15-36(22)27(38)24-8-6-20(13-33-24)28(29,30)31/h6-9,13,19,21-22H,5,10-12,14-16H2,1-4H3,(H2,32,37)/t19-,21+,22+/m0/s1. The van der Waals surface area contributed by atoms with E-state index in [0.717, 1.165) is 48.0 Å². The Bertz CT molecular complexity index is 1200. The predicted octanol–water partition coefficient (Wildman–Crippen LogP) is 3.56. The molecule has 11 heteroatoms. The summed E-state index contributed by atoms with van der Waals surface area (Å²) in [6.45, 7) is 9.01. The minimum Gasteiger partial charge on any atom is -0.493 e. The molecular formula is C28H36F3N5O3. The zero-order chi connectivity index (χ0) is 28.5. The van der Waals surface area contributed by atoms with E-state index in [0.29, 0.717) is 26.2 Å². The number of rotatable bonds is 10. The Morgan fingerprint density at radius 3 is 2.49 bits per heavy atom. The molecule has 212 valence electrons. The molecule has 2 saturated heterocycles. The van der Waals surface area contributed by atoms with Gasteiger partial charge in [0, 0.05) is 44.0 Å². The van der Waals surface area contributed by atoms with Crippen LogP contribution in [0.25, 0.3) is 0 Å². The summed E-state index contributed by atoms with van der Waals surface area (Å²) in [6, 6.07) is 6.49. The first-order chi connectivity index (χ1) is 18.4. The van der Waals surface area contributed by atoms with Crippen LogP contribution in [0.1, 0.15) is 58.5 Å². The second kappa shape index (κ2) is 11.5. The lowest BCUT2D eigenvalue weighted by Crippen LogP contribution is -2.49. The van der Waals surface area contributed by atoms with E-state index in [1.807, 2.05) is 24.9 Å². The highest BCUT2D eigenvalue weighted by molar-refractivity contribution is 5.93. The Labute approximate surface area is 226 Å². The molecule has 2 aromatic rings. The van der Waals surface area contributed by atoms with Crippen LogP contribution in [0, 0.1) is 13.8 Å². The molecule has 2 fully saturated rings. The number of hydrogen-bond donors (Lipinski definition) is 1. The smallest absolute Gasteiger partial charge is 0.417 e. The van der Waals surface area contributed by atoms with Gasteiger partial charge in [-0.25, -0.2) is 0 Å². The van der Waals surface area contributed by atoms with Gasteiger partial charge in [-0.05, 0) is 75.5 Å². The van der Waals surface area contributed by atoms with Gasteiger partial charge in [0.15, 0.2) is 0 Å². The first kappa shape index (κ1) is 28.8. The Kier molecular flexibility index (Phi) is 8.51. The van der Waals surface area contributed by atoms with Gasteiger partial charge in [-0.2, -0.15) is 13.2 Å². The summed E-state index contributed by atoms with van der Waals surface area (Å²) in [5, 5.41) is 0. The Morgan fingerprint density at radius 2 is 1.90 bits per heavy atom. The van der Waals surface area contributed by atoms with E-state index in [2.05, 4.69) is 29.8 Å². The van der Waals surface area contributed by atoms with Crippen LogP contribution in [-0.4, -0.2) is 83.4 Å². The summed E-state index contributed by atoms with van der Waals surface area (Å²) in [4.78, 5) is 33.8. The van der Waals surface area contributed by atoms with Crippen molar-refractivity contribution in [2.24, 2.45) is 5.73 Å². The largest absolute Gasteiger partial charge is 0.493 e. The topological polar surface area (TPSA) is 92.0 Å². The number of nitrogens with two attached hydrogens (primary N) is 1. The highest BCUT2D eigenvalue weighted by Crippen LogP contribution is 2.39. The third kappa shape index (κ3) is 6.36. The molecule has 2 amide bonds. The lowest BCUT2D eigenvalue weighted by Gasteiger charge is -2.38. The minimum absolute atomic E-state index is 0.00532. The molecule has 0 radical (unpaired) electrons. The summed E-state index contributed by atoms with van der Waals surface area (Å²) < 4.78 is 44.6. The third-order valence-corrected chi connectivity index (χ3v) is 7.95. The van der Waals surface area contributed by atoms with Crippen LogP contribution in [0.3, 0.4) is 0 Å². The summed E-state index contributed by atoms with van der Waals surface area (Å²) in [5.74, 6) is 0.166. The van der Waals surface area contributed by atoms with Crippen LogP contribution in [0.4, 0.5) is 13.2 Å². The van der Waals surface area contributed by atoms with E-state index in [4.69, 9.17) is 10.5 Å². The molecular weight excluding hydrogens is 511 g/mol. The van der Waals surface area contributed by atoms with Gasteiger partial charge in [-0.3, -0.25) is 24.4 Å². The number of primary amides is 1. The van der Waals surface area contributed by atoms with Crippen molar-refractivity contribution >= 4 is 11.8 Å². The van der Waals surface area contributed by atoms with Gasteiger partial charge in [0.05, 0.1) is 18.7 Å². The van der Waals surface area contributed by atoms with Crippen molar-refractivity contribution in [3.63, 3.8) is 0 Å². The van der Waals surface area contributed by atoms with Crippen LogP contribution in [0.2, 0.25) is 0 Å². The maximum Gasteiger partial charge on any atom is 0.417 e. The molecule has 3 atom stereocenters. The molecule has 2 aliphatic heterocycles. The zero-order valence-electron chi connectivity index (χ0n) is 22.8. The quantitative estimate of drug-likeness (QED) is 0.458. The van der Waals surface area contributed by atoms with E-state index < -0.39 is 11.7 Å². The highest BCUT2D eigenvalue weighted by Gasteiger charge is 2.47. The molecule has 2 aliphatic rings. The van der Waals surface area contributed by atoms with Crippen molar-refractivity contribution in [1.29, 1.82) is 0 Å². The molecule has 1 aromatic heterocycles. The second-order valence-electron chi connectivity index (χ2n) is 10.6. The normalized spacial score (nSPS) is 20.1. The summed E-state index contributed by atoms with van der Waals surface area (Å²) >= 11 is 0. The van der Waals surface area contributed by atoms with Crippen LogP contribution in [-0.2, 0) is 11.0 Å². The molecule has 2 bridgehead atoms. The van der Waals surface area contributed by atoms with Gasteiger partial charge >= 0.3 is 6.18 Å². The molecule has 0 spiro atoms. The number of amides is 2. The minimum atomic E-state index is -4.48. The highest BCUT2D eigenvalue weighted by atomic mass is 19.4. The average Bonchev–Trinajstić information content (AvgIpc) is 3.49. The van der Waals surface area contributed by atoms with E-state index in [-0.39, 0.29) is 42.2 Å². The van der Waals surface area contributed by atoms with Crippen molar-refractivity contribution in [3.8, 4) is 5.75 Å². The SMILES string of the molecule is Cc1c(OCCCN(C)CC(N)=O)ccc([C@H](C)N2C[C@H]3C[C@@H]2CN3C(=O)c2ccc(C(F)(F)F)cn2)c1C. The van der Waals surface area contributed by atoms with E-state index >= 15 is 0 Å². The lowest BCUT2D eigenvalue weighted by molar-refractivity contribution is -0.137. The monoisotopic (exact) mass is 547 g/mol. The third-order valence-electron chi connectivity index (χ3n) is 7.95. The Hall–Kier alpha value is -3.18. The number of carbonyl (C=O) groups excluding carboxylic acids is 2. The summed E-state index contributed by atoms with van der Waals surface area (Å²) in [5.41, 5.74) is 7.85. The first-order valence-electron chi connectivity index (χ1n) is 13.2. The molecule has 0 aliphatic carbocycles. The number of hydrogen-bond acceptors (Lipinski definition) is 6. The van der Waals surface area contributed by atoms with Crippen LogP contribution in [0.15, 0.2) is 30.5 Å². The number of piperazine rings is 1. The van der Waals surface area contributed by atoms with Crippen molar-refractivity contribution in [1.82, 2.24) is 19.7 Å². The molecule has 2 N–H and O–H groups in total. The molecule has 39 heavy (non-hydrogen) atoms. The fourth-order valence-corrected chi connectivity index (χ4v) is 5.72. The molecule has 3 heterocycles. The number of ether oxygens (including phenoxy) is 1. The maximum absolute atomic E-state index is 13.0. The number of benzene rings is 1. The molecule has 4 rings (SSSR count). The number of aromatic nitrogens is 1. The maximum atomic E-state index is 13.0. The Morgan fingerprint density at radius 1 is 1.15 bits per heavy atom. The number of likely N-dealkylation sites (N-methyl/N-ethyl adjacent to an activating group) is 1. The molecule has 8 nitrogen and oxygen atoms in total. The predicted molar refractivity (Wildman–Crippen MR) is 140 cm³/mol. The number of fused-ring (bicyclic) bond motifs is 2. The van der Waals surface area contributed by atoms with Gasteiger partial charge in [0.25, 0.3) is 5.91 Å². The van der Waals surface area contributed by atoms with Gasteiger partial charge < -0.3 is 15.4 Å². The molecule has 0 saturated carbocycles. The van der Waals surface area contributed by atoms with Gasteiger partial charge in [0.2, 0.25) is 5.91 Å². The summed E-state index contributed by atoms with van der Waals surface area (Å²) in [7, 11) is 1.85. The zero-order valence-corrected chi connectivity index (χ0v) is 22.8. The van der Waals surface area contributed by atoms with Gasteiger partial charge in [0.1, 0.15) is 11.4 Å². The van der Waals surface area contributed by atoms with Crippen molar-refractivity contribution in [2.75, 3.05) is 39.8 Å². The number of alkyl halides is 3. The second-order valence-corrected chi connectivity index (χ2v) is 10.6. The van der Waals surface area contributed by atoms with Crippen molar-refractivity contribution in [2.45, 2.75) is 57.9 Å². The fourth-order valence-electron chi connectivity index (χ4n) is 5.72. The molecule has 0 unspecified atom stereocenters. The summed E-state index contributed by atoms with van der Waals surface area (Å²) in [6.07, 6.45) is -2.16. The number of pyridine rings is 1. The van der Waals surface area contributed by atoms with Crippen LogP contribution < -0.4 is 10.5 Å². The number of nitrogens with zero attached hydrogens (tertiary/aromatic N) is 4. The first-order valence-corrected chi connectivity index (χ1v) is 13.2. The van der Waals surface area contributed by atoms with Crippen LogP contribution in [0.5, 0.6) is 5.75 Å².